The number of aryl methyl sites for hydroxylation is 1. The molecule has 0 radical (unpaired) electrons. The van der Waals surface area contributed by atoms with Crippen molar-refractivity contribution in [1.29, 1.82) is 0 Å². The summed E-state index contributed by atoms with van der Waals surface area (Å²) < 4.78 is 0. The van der Waals surface area contributed by atoms with E-state index in [1.54, 1.807) is 12.1 Å². The molecule has 0 heterocycles. The van der Waals surface area contributed by atoms with Crippen LogP contribution in [0.15, 0.2) is 24.3 Å². The monoisotopic (exact) mass is 180 g/mol. The Labute approximate surface area is 77.2 Å². The summed E-state index contributed by atoms with van der Waals surface area (Å²) in [5.74, 6) is -0.444. The summed E-state index contributed by atoms with van der Waals surface area (Å²) in [6.07, 6.45) is 0.801. The van der Waals surface area contributed by atoms with E-state index >= 15 is 0 Å². The van der Waals surface area contributed by atoms with Crippen molar-refractivity contribution >= 4 is 5.97 Å². The van der Waals surface area contributed by atoms with Gasteiger partial charge in [0.05, 0.1) is 12.7 Å². The highest BCUT2D eigenvalue weighted by molar-refractivity contribution is 5.90. The molecule has 0 aliphatic rings. The van der Waals surface area contributed by atoms with Crippen LogP contribution in [-0.4, -0.2) is 13.1 Å². The minimum atomic E-state index is -0.444. The summed E-state index contributed by atoms with van der Waals surface area (Å²) in [6, 6.07) is 7.31. The maximum atomic E-state index is 11.3. The minimum Gasteiger partial charge on any atom is -0.293 e. The zero-order valence-electron chi connectivity index (χ0n) is 7.74. The second-order valence-electron chi connectivity index (χ2n) is 2.55. The molecule has 0 aromatic heterocycles. The summed E-state index contributed by atoms with van der Waals surface area (Å²) >= 11 is 0. The molecule has 0 amide bonds. The van der Waals surface area contributed by atoms with E-state index in [-0.39, 0.29) is 0 Å². The van der Waals surface area contributed by atoms with Gasteiger partial charge in [-0.25, -0.2) is 4.79 Å². The van der Waals surface area contributed by atoms with Crippen molar-refractivity contribution in [2.24, 2.45) is 0 Å². The van der Waals surface area contributed by atoms with Crippen LogP contribution in [0.25, 0.3) is 0 Å². The Kier molecular flexibility index (Phi) is 3.46. The Bertz CT molecular complexity index is 294. The quantitative estimate of drug-likeness (QED) is 0.527. The molecule has 1 aromatic rings. The van der Waals surface area contributed by atoms with E-state index in [0.717, 1.165) is 12.0 Å². The standard InChI is InChI=1S/C10H12O3/c1-3-8-6-4-5-7-9(8)10(11)13-12-2/h4-7H,3H2,1-2H3. The summed E-state index contributed by atoms with van der Waals surface area (Å²) in [5, 5.41) is 0. The fraction of sp³-hybridized carbons (Fsp3) is 0.300. The SMILES string of the molecule is CCc1ccccc1C(=O)OOC. The molecule has 13 heavy (non-hydrogen) atoms. The molecule has 1 aromatic carbocycles. The molecule has 0 fully saturated rings. The fourth-order valence-corrected chi connectivity index (χ4v) is 1.15. The van der Waals surface area contributed by atoms with Crippen LogP contribution in [0.1, 0.15) is 22.8 Å². The van der Waals surface area contributed by atoms with Crippen LogP contribution in [0.3, 0.4) is 0 Å². The van der Waals surface area contributed by atoms with Gasteiger partial charge >= 0.3 is 5.97 Å². The largest absolute Gasteiger partial charge is 0.373 e. The van der Waals surface area contributed by atoms with Gasteiger partial charge in [-0.15, -0.1) is 0 Å². The molecule has 0 aliphatic heterocycles. The summed E-state index contributed by atoms with van der Waals surface area (Å²) in [5.41, 5.74) is 1.52. The predicted octanol–water partition coefficient (Wildman–Crippen LogP) is 1.97. The normalized spacial score (nSPS) is 9.69. The highest BCUT2D eigenvalue weighted by Gasteiger charge is 2.10. The Morgan fingerprint density at radius 3 is 2.69 bits per heavy atom. The third kappa shape index (κ3) is 2.29. The predicted molar refractivity (Wildman–Crippen MR) is 48.2 cm³/mol. The van der Waals surface area contributed by atoms with Crippen LogP contribution in [0, 0.1) is 0 Å². The molecule has 1 rings (SSSR count). The first-order chi connectivity index (χ1) is 6.29. The van der Waals surface area contributed by atoms with E-state index in [4.69, 9.17) is 0 Å². The van der Waals surface area contributed by atoms with Gasteiger partial charge in [0.2, 0.25) is 0 Å². The number of carbonyl (C=O) groups is 1. The fourth-order valence-electron chi connectivity index (χ4n) is 1.15. The first kappa shape index (κ1) is 9.74. The van der Waals surface area contributed by atoms with Crippen molar-refractivity contribution in [1.82, 2.24) is 0 Å². The van der Waals surface area contributed by atoms with Crippen molar-refractivity contribution in [2.45, 2.75) is 13.3 Å². The third-order valence-electron chi connectivity index (χ3n) is 1.78. The lowest BCUT2D eigenvalue weighted by molar-refractivity contribution is -0.216. The van der Waals surface area contributed by atoms with E-state index < -0.39 is 5.97 Å². The zero-order valence-corrected chi connectivity index (χ0v) is 7.74. The maximum Gasteiger partial charge on any atom is 0.373 e. The van der Waals surface area contributed by atoms with E-state index in [9.17, 15) is 4.79 Å². The molecule has 3 heteroatoms. The van der Waals surface area contributed by atoms with Gasteiger partial charge in [-0.3, -0.25) is 4.89 Å². The minimum absolute atomic E-state index is 0.444. The Morgan fingerprint density at radius 1 is 1.38 bits per heavy atom. The van der Waals surface area contributed by atoms with E-state index in [1.165, 1.54) is 7.11 Å². The number of benzene rings is 1. The van der Waals surface area contributed by atoms with Crippen LogP contribution in [-0.2, 0) is 16.2 Å². The van der Waals surface area contributed by atoms with Gasteiger partial charge in [-0.1, -0.05) is 25.1 Å². The molecular formula is C10H12O3. The van der Waals surface area contributed by atoms with Crippen LogP contribution in [0.5, 0.6) is 0 Å². The van der Waals surface area contributed by atoms with Gasteiger partial charge in [0.1, 0.15) is 0 Å². The maximum absolute atomic E-state index is 11.3. The second-order valence-corrected chi connectivity index (χ2v) is 2.55. The van der Waals surface area contributed by atoms with Gasteiger partial charge in [-0.2, -0.15) is 4.89 Å². The molecule has 70 valence electrons. The molecule has 0 N–H and O–H groups in total. The van der Waals surface area contributed by atoms with Gasteiger partial charge in [-0.05, 0) is 18.1 Å². The second kappa shape index (κ2) is 4.62. The molecule has 0 aliphatic carbocycles. The topological polar surface area (TPSA) is 35.5 Å². The van der Waals surface area contributed by atoms with Crippen LogP contribution < -0.4 is 0 Å². The molecular weight excluding hydrogens is 168 g/mol. The van der Waals surface area contributed by atoms with E-state index in [0.29, 0.717) is 5.56 Å². The lowest BCUT2D eigenvalue weighted by Gasteiger charge is -2.04. The highest BCUT2D eigenvalue weighted by atomic mass is 17.2. The molecule has 0 atom stereocenters. The summed E-state index contributed by atoms with van der Waals surface area (Å²) in [4.78, 5) is 20.0. The van der Waals surface area contributed by atoms with Gasteiger partial charge in [0, 0.05) is 0 Å². The van der Waals surface area contributed by atoms with Crippen molar-refractivity contribution in [3.05, 3.63) is 35.4 Å². The number of carbonyl (C=O) groups excluding carboxylic acids is 1. The number of rotatable bonds is 3. The Morgan fingerprint density at radius 2 is 2.08 bits per heavy atom. The smallest absolute Gasteiger partial charge is 0.293 e. The molecule has 0 bridgehead atoms. The molecule has 3 nitrogen and oxygen atoms in total. The van der Waals surface area contributed by atoms with E-state index in [2.05, 4.69) is 9.78 Å². The number of hydrogen-bond acceptors (Lipinski definition) is 3. The van der Waals surface area contributed by atoms with Crippen LogP contribution >= 0.6 is 0 Å². The highest BCUT2D eigenvalue weighted by Crippen LogP contribution is 2.10. The molecule has 0 saturated carbocycles. The Hall–Kier alpha value is -1.35. The molecule has 0 saturated heterocycles. The summed E-state index contributed by atoms with van der Waals surface area (Å²) in [6.45, 7) is 1.99. The first-order valence-corrected chi connectivity index (χ1v) is 4.12. The van der Waals surface area contributed by atoms with Gasteiger partial charge in [0.25, 0.3) is 0 Å². The third-order valence-corrected chi connectivity index (χ3v) is 1.78. The molecule has 0 unspecified atom stereocenters. The van der Waals surface area contributed by atoms with Gasteiger partial charge < -0.3 is 0 Å². The van der Waals surface area contributed by atoms with Crippen molar-refractivity contribution in [3.63, 3.8) is 0 Å². The number of hydrogen-bond donors (Lipinski definition) is 0. The zero-order chi connectivity index (χ0) is 9.68. The summed E-state index contributed by atoms with van der Waals surface area (Å²) in [7, 11) is 1.31. The van der Waals surface area contributed by atoms with Crippen LogP contribution in [0.2, 0.25) is 0 Å². The van der Waals surface area contributed by atoms with Gasteiger partial charge in [0.15, 0.2) is 0 Å². The lowest BCUT2D eigenvalue weighted by atomic mass is 10.1. The van der Waals surface area contributed by atoms with Crippen LogP contribution in [0.4, 0.5) is 0 Å². The molecule has 0 spiro atoms. The van der Waals surface area contributed by atoms with Crippen molar-refractivity contribution in [2.75, 3.05) is 7.11 Å². The Balaban J connectivity index is 2.92. The van der Waals surface area contributed by atoms with E-state index in [1.807, 2.05) is 19.1 Å². The average molecular weight is 180 g/mol. The average Bonchev–Trinajstić information content (AvgIpc) is 2.18. The first-order valence-electron chi connectivity index (χ1n) is 4.12. The lowest BCUT2D eigenvalue weighted by Crippen LogP contribution is -2.06. The van der Waals surface area contributed by atoms with Crippen molar-refractivity contribution < 1.29 is 14.6 Å². The van der Waals surface area contributed by atoms with Crippen molar-refractivity contribution in [3.8, 4) is 0 Å².